The topological polar surface area (TPSA) is 97.2 Å². The van der Waals surface area contributed by atoms with Crippen molar-refractivity contribution >= 4 is 39.4 Å². The first-order chi connectivity index (χ1) is 14.9. The molecule has 0 unspecified atom stereocenters. The van der Waals surface area contributed by atoms with Gasteiger partial charge in [0.2, 0.25) is 0 Å². The molecule has 0 radical (unpaired) electrons. The predicted octanol–water partition coefficient (Wildman–Crippen LogP) is 3.79. The van der Waals surface area contributed by atoms with Gasteiger partial charge in [-0.05, 0) is 60.4 Å². The van der Waals surface area contributed by atoms with Crippen molar-refractivity contribution < 1.29 is 14.6 Å². The monoisotopic (exact) mass is 438 g/mol. The minimum Gasteiger partial charge on any atom is -0.388 e. The second-order valence-electron chi connectivity index (χ2n) is 7.80. The minimum absolute atomic E-state index is 0.194. The molecule has 0 saturated carbocycles. The number of anilines is 1. The van der Waals surface area contributed by atoms with E-state index in [9.17, 15) is 14.6 Å². The minimum atomic E-state index is -1.03. The van der Waals surface area contributed by atoms with E-state index in [2.05, 4.69) is 9.97 Å². The first-order valence-electron chi connectivity index (χ1n) is 9.95. The molecule has 6 nitrogen and oxygen atoms in total. The standard InChI is InChI=1S/C23H20ClFN4O2/c24-16-8-15-9-17(25)13(10-18(15)28-22(16)26)3-4-14-11-19(21(31)20(14)30)29-7-5-12-2-1-6-27-23(12)29/h1-2,5-11,19-21,30-31H,3-4H2,(H2,26,28)/t19-,20-,21+/m1/s1. The Kier molecular flexibility index (Phi) is 4.89. The van der Waals surface area contributed by atoms with Crippen LogP contribution >= 0.6 is 11.6 Å². The van der Waals surface area contributed by atoms with E-state index in [0.29, 0.717) is 34.9 Å². The molecule has 8 heteroatoms. The van der Waals surface area contributed by atoms with Crippen LogP contribution in [-0.2, 0) is 6.42 Å². The van der Waals surface area contributed by atoms with Crippen LogP contribution in [0.2, 0.25) is 5.02 Å². The summed E-state index contributed by atoms with van der Waals surface area (Å²) in [5.74, 6) is -0.180. The molecular weight excluding hydrogens is 419 g/mol. The van der Waals surface area contributed by atoms with Gasteiger partial charge in [-0.1, -0.05) is 17.7 Å². The van der Waals surface area contributed by atoms with E-state index in [1.54, 1.807) is 18.3 Å². The van der Waals surface area contributed by atoms with Crippen molar-refractivity contribution in [3.05, 3.63) is 76.8 Å². The van der Waals surface area contributed by atoms with Gasteiger partial charge in [-0.3, -0.25) is 0 Å². The highest BCUT2D eigenvalue weighted by atomic mass is 35.5. The lowest BCUT2D eigenvalue weighted by Crippen LogP contribution is -2.29. The summed E-state index contributed by atoms with van der Waals surface area (Å²) in [5.41, 5.74) is 8.18. The van der Waals surface area contributed by atoms with Gasteiger partial charge in [0.25, 0.3) is 0 Å². The molecule has 1 aliphatic carbocycles. The van der Waals surface area contributed by atoms with Gasteiger partial charge in [0.05, 0.1) is 16.6 Å². The summed E-state index contributed by atoms with van der Waals surface area (Å²) in [4.78, 5) is 8.61. The maximum absolute atomic E-state index is 14.6. The van der Waals surface area contributed by atoms with Crippen LogP contribution in [-0.4, -0.2) is 37.0 Å². The van der Waals surface area contributed by atoms with Crippen LogP contribution in [0, 0.1) is 5.82 Å². The van der Waals surface area contributed by atoms with Crippen molar-refractivity contribution in [2.24, 2.45) is 0 Å². The van der Waals surface area contributed by atoms with Crippen LogP contribution in [0.1, 0.15) is 18.0 Å². The van der Waals surface area contributed by atoms with Gasteiger partial charge in [-0.2, -0.15) is 0 Å². The molecule has 0 spiro atoms. The third-order valence-electron chi connectivity index (χ3n) is 5.88. The van der Waals surface area contributed by atoms with E-state index in [4.69, 9.17) is 17.3 Å². The molecule has 158 valence electrons. The molecule has 4 aromatic rings. The molecule has 0 fully saturated rings. The molecule has 1 aromatic carbocycles. The highest BCUT2D eigenvalue weighted by Crippen LogP contribution is 2.34. The van der Waals surface area contributed by atoms with Gasteiger partial charge in [0, 0.05) is 23.2 Å². The average molecular weight is 439 g/mol. The molecule has 0 amide bonds. The molecule has 0 bridgehead atoms. The Balaban J connectivity index is 1.41. The molecule has 5 rings (SSSR count). The fourth-order valence-corrected chi connectivity index (χ4v) is 4.38. The number of halogens is 2. The first kappa shape index (κ1) is 19.9. The largest absolute Gasteiger partial charge is 0.388 e. The molecule has 3 atom stereocenters. The summed E-state index contributed by atoms with van der Waals surface area (Å²) in [6.07, 6.45) is 4.10. The number of nitrogens with two attached hydrogens (primary N) is 1. The van der Waals surface area contributed by atoms with E-state index in [-0.39, 0.29) is 16.7 Å². The Hall–Kier alpha value is -3.00. The van der Waals surface area contributed by atoms with Crippen molar-refractivity contribution in [1.29, 1.82) is 0 Å². The number of aryl methyl sites for hydroxylation is 1. The number of aliphatic hydroxyl groups excluding tert-OH is 2. The smallest absolute Gasteiger partial charge is 0.142 e. The number of rotatable bonds is 4. The number of nitrogen functional groups attached to an aromatic ring is 1. The van der Waals surface area contributed by atoms with Crippen LogP contribution in [0.4, 0.5) is 10.2 Å². The number of benzene rings is 1. The average Bonchev–Trinajstić information content (AvgIpc) is 3.29. The lowest BCUT2D eigenvalue weighted by atomic mass is 10.0. The van der Waals surface area contributed by atoms with Crippen LogP contribution in [0.15, 0.2) is 60.4 Å². The van der Waals surface area contributed by atoms with E-state index < -0.39 is 18.2 Å². The lowest BCUT2D eigenvalue weighted by Gasteiger charge is -2.19. The maximum atomic E-state index is 14.6. The second kappa shape index (κ2) is 7.60. The van der Waals surface area contributed by atoms with Crippen LogP contribution in [0.3, 0.4) is 0 Å². The van der Waals surface area contributed by atoms with Gasteiger partial charge in [0.1, 0.15) is 29.5 Å². The fraction of sp³-hybridized carbons (Fsp3) is 0.217. The third kappa shape index (κ3) is 3.44. The predicted molar refractivity (Wildman–Crippen MR) is 118 cm³/mol. The lowest BCUT2D eigenvalue weighted by molar-refractivity contribution is 0.0317. The van der Waals surface area contributed by atoms with Crippen molar-refractivity contribution in [2.75, 3.05) is 5.73 Å². The SMILES string of the molecule is Nc1nc2cc(CCC3=C[C@@H](n4ccc5cccnc54)[C@H](O)[C@@H]3O)c(F)cc2cc1Cl. The summed E-state index contributed by atoms with van der Waals surface area (Å²) in [5, 5.41) is 23.1. The van der Waals surface area contributed by atoms with Crippen molar-refractivity contribution in [1.82, 2.24) is 14.5 Å². The molecule has 31 heavy (non-hydrogen) atoms. The maximum Gasteiger partial charge on any atom is 0.142 e. The zero-order chi connectivity index (χ0) is 21.7. The quantitative estimate of drug-likeness (QED) is 0.421. The Morgan fingerprint density at radius 3 is 2.81 bits per heavy atom. The van der Waals surface area contributed by atoms with Gasteiger partial charge in [-0.15, -0.1) is 0 Å². The van der Waals surface area contributed by atoms with E-state index >= 15 is 0 Å². The Morgan fingerprint density at radius 1 is 1.13 bits per heavy atom. The van der Waals surface area contributed by atoms with E-state index in [1.165, 1.54) is 6.07 Å². The third-order valence-corrected chi connectivity index (χ3v) is 6.18. The molecule has 4 N–H and O–H groups in total. The number of aromatic nitrogens is 3. The van der Waals surface area contributed by atoms with E-state index in [1.807, 2.05) is 35.0 Å². The van der Waals surface area contributed by atoms with Crippen LogP contribution in [0.5, 0.6) is 0 Å². The molecule has 0 aliphatic heterocycles. The molecule has 0 saturated heterocycles. The second-order valence-corrected chi connectivity index (χ2v) is 8.21. The Morgan fingerprint density at radius 2 is 1.97 bits per heavy atom. The summed E-state index contributed by atoms with van der Waals surface area (Å²) in [6, 6.07) is 9.89. The molecule has 3 heterocycles. The Bertz CT molecular complexity index is 1340. The zero-order valence-corrected chi connectivity index (χ0v) is 17.2. The van der Waals surface area contributed by atoms with Crippen molar-refractivity contribution in [3.63, 3.8) is 0 Å². The normalized spacial score (nSPS) is 21.2. The first-order valence-corrected chi connectivity index (χ1v) is 10.3. The summed E-state index contributed by atoms with van der Waals surface area (Å²) in [6.45, 7) is 0. The van der Waals surface area contributed by atoms with Gasteiger partial charge in [-0.25, -0.2) is 14.4 Å². The van der Waals surface area contributed by atoms with Gasteiger partial charge < -0.3 is 20.5 Å². The molecular formula is C23H20ClFN4O2. The highest BCUT2D eigenvalue weighted by Gasteiger charge is 2.35. The van der Waals surface area contributed by atoms with Crippen LogP contribution in [0.25, 0.3) is 21.9 Å². The van der Waals surface area contributed by atoms with Gasteiger partial charge >= 0.3 is 0 Å². The van der Waals surface area contributed by atoms with Crippen molar-refractivity contribution in [3.8, 4) is 0 Å². The number of hydrogen-bond donors (Lipinski definition) is 3. The van der Waals surface area contributed by atoms with Crippen LogP contribution < -0.4 is 5.73 Å². The molecule has 3 aromatic heterocycles. The number of hydrogen-bond acceptors (Lipinski definition) is 5. The number of pyridine rings is 2. The number of nitrogens with zero attached hydrogens (tertiary/aromatic N) is 3. The summed E-state index contributed by atoms with van der Waals surface area (Å²) in [7, 11) is 0. The summed E-state index contributed by atoms with van der Waals surface area (Å²) >= 11 is 5.97. The Labute approximate surface area is 182 Å². The van der Waals surface area contributed by atoms with Crippen molar-refractivity contribution in [2.45, 2.75) is 31.1 Å². The molecule has 1 aliphatic rings. The highest BCUT2D eigenvalue weighted by molar-refractivity contribution is 6.33. The van der Waals surface area contributed by atoms with Gasteiger partial charge in [0.15, 0.2) is 0 Å². The zero-order valence-electron chi connectivity index (χ0n) is 16.4. The van der Waals surface area contributed by atoms with E-state index in [0.717, 1.165) is 11.0 Å². The fourth-order valence-electron chi connectivity index (χ4n) is 4.22. The number of fused-ring (bicyclic) bond motifs is 2. The number of aliphatic hydroxyl groups is 2. The summed E-state index contributed by atoms with van der Waals surface area (Å²) < 4.78 is 16.5.